The van der Waals surface area contributed by atoms with Gasteiger partial charge in [-0.15, -0.1) is 0 Å². The first-order chi connectivity index (χ1) is 8.74. The van der Waals surface area contributed by atoms with E-state index < -0.39 is 0 Å². The van der Waals surface area contributed by atoms with Crippen LogP contribution in [0.4, 0.5) is 0 Å². The first-order valence-electron chi connectivity index (χ1n) is 6.39. The van der Waals surface area contributed by atoms with Gasteiger partial charge in [-0.1, -0.05) is 18.2 Å². The first kappa shape index (κ1) is 11.4. The van der Waals surface area contributed by atoms with Gasteiger partial charge in [0.1, 0.15) is 0 Å². The number of amides is 1. The van der Waals surface area contributed by atoms with Crippen molar-refractivity contribution in [2.45, 2.75) is 25.4 Å². The van der Waals surface area contributed by atoms with Gasteiger partial charge in [-0.25, -0.2) is 0 Å². The molecule has 1 aliphatic heterocycles. The summed E-state index contributed by atoms with van der Waals surface area (Å²) in [5.41, 5.74) is 8.10. The third-order valence-electron chi connectivity index (χ3n) is 3.71. The zero-order valence-electron chi connectivity index (χ0n) is 10.2. The number of nitrogens with zero attached hydrogens (tertiary/aromatic N) is 2. The highest BCUT2D eigenvalue weighted by molar-refractivity contribution is 5.81. The number of fused-ring (bicyclic) bond motifs is 1. The van der Waals surface area contributed by atoms with E-state index in [2.05, 4.69) is 11.1 Å². The summed E-state index contributed by atoms with van der Waals surface area (Å²) < 4.78 is 0. The second kappa shape index (κ2) is 4.53. The molecule has 1 amide bonds. The third-order valence-corrected chi connectivity index (χ3v) is 3.71. The van der Waals surface area contributed by atoms with Gasteiger partial charge in [-0.2, -0.15) is 0 Å². The third kappa shape index (κ3) is 2.04. The molecule has 2 atom stereocenters. The van der Waals surface area contributed by atoms with Crippen molar-refractivity contribution in [2.75, 3.05) is 6.54 Å². The molecule has 1 aromatic rings. The molecule has 2 N–H and O–H groups in total. The van der Waals surface area contributed by atoms with Gasteiger partial charge in [-0.05, 0) is 18.1 Å². The molecule has 2 aliphatic rings. The molecule has 94 valence electrons. The Morgan fingerprint density at radius 1 is 1.44 bits per heavy atom. The molecule has 0 radical (unpaired) electrons. The minimum absolute atomic E-state index is 0.0294. The Bertz CT molecular complexity index is 498. The van der Waals surface area contributed by atoms with Crippen LogP contribution in [0.2, 0.25) is 0 Å². The first-order valence-corrected chi connectivity index (χ1v) is 6.39. The summed E-state index contributed by atoms with van der Waals surface area (Å²) in [6.45, 7) is 1.45. The molecule has 4 nitrogen and oxygen atoms in total. The zero-order chi connectivity index (χ0) is 12.5. The summed E-state index contributed by atoms with van der Waals surface area (Å²) in [5, 5.41) is 0. The Hall–Kier alpha value is -1.68. The molecule has 18 heavy (non-hydrogen) atoms. The largest absolute Gasteiger partial charge is 0.337 e. The van der Waals surface area contributed by atoms with E-state index in [0.717, 1.165) is 25.1 Å². The molecule has 4 heteroatoms. The monoisotopic (exact) mass is 243 g/mol. The summed E-state index contributed by atoms with van der Waals surface area (Å²) in [4.78, 5) is 18.6. The fraction of sp³-hybridized carbons (Fsp3) is 0.429. The highest BCUT2D eigenvalue weighted by Crippen LogP contribution is 2.23. The summed E-state index contributed by atoms with van der Waals surface area (Å²) >= 11 is 0. The Morgan fingerprint density at radius 2 is 2.33 bits per heavy atom. The van der Waals surface area contributed by atoms with Gasteiger partial charge in [0.15, 0.2) is 0 Å². The van der Waals surface area contributed by atoms with Crippen molar-refractivity contribution < 1.29 is 4.79 Å². The lowest BCUT2D eigenvalue weighted by molar-refractivity contribution is -0.135. The van der Waals surface area contributed by atoms with Crippen molar-refractivity contribution in [1.82, 2.24) is 9.88 Å². The smallest absolute Gasteiger partial charge is 0.229 e. The summed E-state index contributed by atoms with van der Waals surface area (Å²) in [5.74, 6) is 0.173. The van der Waals surface area contributed by atoms with E-state index in [9.17, 15) is 4.79 Å². The number of rotatable bonds is 1. The van der Waals surface area contributed by atoms with E-state index in [1.807, 2.05) is 29.3 Å². The molecule has 0 bridgehead atoms. The number of hydrogen-bond donors (Lipinski definition) is 1. The topological polar surface area (TPSA) is 59.2 Å². The fourth-order valence-electron chi connectivity index (χ4n) is 2.70. The van der Waals surface area contributed by atoms with Gasteiger partial charge >= 0.3 is 0 Å². The predicted molar refractivity (Wildman–Crippen MR) is 68.6 cm³/mol. The molecule has 0 saturated heterocycles. The van der Waals surface area contributed by atoms with Crippen LogP contribution < -0.4 is 5.73 Å². The van der Waals surface area contributed by atoms with Gasteiger partial charge < -0.3 is 10.6 Å². The van der Waals surface area contributed by atoms with Crippen LogP contribution in [-0.2, 0) is 17.8 Å². The minimum atomic E-state index is -0.0294. The number of hydrogen-bond acceptors (Lipinski definition) is 3. The Labute approximate surface area is 106 Å². The van der Waals surface area contributed by atoms with Crippen molar-refractivity contribution in [3.63, 3.8) is 0 Å². The van der Waals surface area contributed by atoms with Crippen LogP contribution in [-0.4, -0.2) is 28.4 Å². The highest BCUT2D eigenvalue weighted by Gasteiger charge is 2.29. The second-order valence-electron chi connectivity index (χ2n) is 5.01. The van der Waals surface area contributed by atoms with Crippen LogP contribution in [0.15, 0.2) is 30.5 Å². The Balaban J connectivity index is 1.72. The van der Waals surface area contributed by atoms with Crippen LogP contribution in [0.1, 0.15) is 17.7 Å². The number of carbonyl (C=O) groups excluding carboxylic acids is 1. The van der Waals surface area contributed by atoms with Gasteiger partial charge in [0.2, 0.25) is 5.91 Å². The number of pyridine rings is 1. The molecule has 1 aliphatic carbocycles. The van der Waals surface area contributed by atoms with Crippen molar-refractivity contribution >= 4 is 5.91 Å². The predicted octanol–water partition coefficient (Wildman–Crippen LogP) is 0.870. The van der Waals surface area contributed by atoms with E-state index in [-0.39, 0.29) is 17.9 Å². The van der Waals surface area contributed by atoms with E-state index in [0.29, 0.717) is 6.54 Å². The van der Waals surface area contributed by atoms with Crippen molar-refractivity contribution in [3.8, 4) is 0 Å². The molecule has 1 aromatic heterocycles. The molecule has 2 heterocycles. The molecule has 0 spiro atoms. The average molecular weight is 243 g/mol. The van der Waals surface area contributed by atoms with Gasteiger partial charge in [0, 0.05) is 37.4 Å². The van der Waals surface area contributed by atoms with Crippen molar-refractivity contribution in [3.05, 3.63) is 41.7 Å². The van der Waals surface area contributed by atoms with Gasteiger partial charge in [0.05, 0.1) is 5.92 Å². The maximum Gasteiger partial charge on any atom is 0.229 e. The maximum atomic E-state index is 12.4. The van der Waals surface area contributed by atoms with Crippen LogP contribution in [0.3, 0.4) is 0 Å². The lowest BCUT2D eigenvalue weighted by Crippen LogP contribution is -2.39. The molecular weight excluding hydrogens is 226 g/mol. The van der Waals surface area contributed by atoms with Crippen molar-refractivity contribution in [1.29, 1.82) is 0 Å². The van der Waals surface area contributed by atoms with Crippen LogP contribution in [0, 0.1) is 5.92 Å². The molecule has 3 rings (SSSR count). The number of aromatic nitrogens is 1. The van der Waals surface area contributed by atoms with Gasteiger partial charge in [0.25, 0.3) is 0 Å². The molecule has 0 fully saturated rings. The van der Waals surface area contributed by atoms with Crippen LogP contribution in [0.25, 0.3) is 0 Å². The highest BCUT2D eigenvalue weighted by atomic mass is 16.2. The standard InChI is InChI=1S/C14H17N3O/c15-12-4-3-10(8-12)14(18)17-7-5-13-11(9-17)2-1-6-16-13/h1-4,6,10,12H,5,7-9,15H2. The Morgan fingerprint density at radius 3 is 3.11 bits per heavy atom. The van der Waals surface area contributed by atoms with Crippen LogP contribution in [0.5, 0.6) is 0 Å². The lowest BCUT2D eigenvalue weighted by Gasteiger charge is -2.30. The fourth-order valence-corrected chi connectivity index (χ4v) is 2.70. The van der Waals surface area contributed by atoms with E-state index in [1.165, 1.54) is 5.56 Å². The maximum absolute atomic E-state index is 12.4. The minimum Gasteiger partial charge on any atom is -0.337 e. The quantitative estimate of drug-likeness (QED) is 0.745. The van der Waals surface area contributed by atoms with E-state index in [1.54, 1.807) is 0 Å². The zero-order valence-corrected chi connectivity index (χ0v) is 10.2. The molecular formula is C14H17N3O. The van der Waals surface area contributed by atoms with Crippen molar-refractivity contribution in [2.24, 2.45) is 11.7 Å². The molecule has 0 aromatic carbocycles. The second-order valence-corrected chi connectivity index (χ2v) is 5.01. The molecule has 2 unspecified atom stereocenters. The summed E-state index contributed by atoms with van der Waals surface area (Å²) in [6, 6.07) is 4.02. The SMILES string of the molecule is NC1C=CC(C(=O)N2CCc3ncccc3C2)C1. The summed E-state index contributed by atoms with van der Waals surface area (Å²) in [6.07, 6.45) is 7.29. The van der Waals surface area contributed by atoms with E-state index >= 15 is 0 Å². The molecule has 0 saturated carbocycles. The number of carbonyl (C=O) groups is 1. The lowest BCUT2D eigenvalue weighted by atomic mass is 10.0. The Kier molecular flexibility index (Phi) is 2.88. The van der Waals surface area contributed by atoms with Crippen LogP contribution >= 0.6 is 0 Å². The summed E-state index contributed by atoms with van der Waals surface area (Å²) in [7, 11) is 0. The number of nitrogens with two attached hydrogens (primary N) is 1. The van der Waals surface area contributed by atoms with E-state index in [4.69, 9.17) is 5.73 Å². The van der Waals surface area contributed by atoms with Gasteiger partial charge in [-0.3, -0.25) is 9.78 Å². The average Bonchev–Trinajstić information content (AvgIpc) is 2.84. The normalized spacial score (nSPS) is 26.2.